The van der Waals surface area contributed by atoms with Crippen molar-refractivity contribution in [1.29, 1.82) is 0 Å². The number of amides is 1. The lowest BCUT2D eigenvalue weighted by Gasteiger charge is -2.34. The highest BCUT2D eigenvalue weighted by Crippen LogP contribution is 2.32. The smallest absolute Gasteiger partial charge is 0.241 e. The van der Waals surface area contributed by atoms with E-state index in [2.05, 4.69) is 10.2 Å². The van der Waals surface area contributed by atoms with Crippen molar-refractivity contribution in [2.45, 2.75) is 31.9 Å². The van der Waals surface area contributed by atoms with Gasteiger partial charge in [0.05, 0.1) is 12.1 Å². The number of ether oxygens (including phenoxy) is 3. The lowest BCUT2D eigenvalue weighted by molar-refractivity contribution is -0.121. The quantitative estimate of drug-likeness (QED) is 0.918. The topological polar surface area (TPSA) is 60.0 Å². The van der Waals surface area contributed by atoms with Crippen LogP contribution in [0.25, 0.3) is 0 Å². The van der Waals surface area contributed by atoms with Crippen molar-refractivity contribution in [1.82, 2.24) is 4.90 Å². The van der Waals surface area contributed by atoms with Gasteiger partial charge in [-0.3, -0.25) is 9.69 Å². The van der Waals surface area contributed by atoms with E-state index in [4.69, 9.17) is 14.2 Å². The first kappa shape index (κ1) is 16.1. The SMILES string of the molecule is COC1CCN(C(C)C(=O)Nc2ccc3c(c2)OCCO3)CC1. The Morgan fingerprint density at radius 1 is 1.26 bits per heavy atom. The fourth-order valence-corrected chi connectivity index (χ4v) is 3.03. The fraction of sp³-hybridized carbons (Fsp3) is 0.588. The number of carbonyl (C=O) groups is 1. The highest BCUT2D eigenvalue weighted by atomic mass is 16.6. The molecule has 1 aromatic rings. The molecule has 2 heterocycles. The van der Waals surface area contributed by atoms with E-state index < -0.39 is 0 Å². The Kier molecular flexibility index (Phi) is 5.03. The highest BCUT2D eigenvalue weighted by molar-refractivity contribution is 5.94. The third kappa shape index (κ3) is 3.76. The molecule has 1 N–H and O–H groups in total. The zero-order valence-electron chi connectivity index (χ0n) is 13.7. The number of likely N-dealkylation sites (tertiary alicyclic amines) is 1. The van der Waals surface area contributed by atoms with Gasteiger partial charge in [0.1, 0.15) is 13.2 Å². The van der Waals surface area contributed by atoms with Crippen molar-refractivity contribution in [3.05, 3.63) is 18.2 Å². The molecular formula is C17H24N2O4. The van der Waals surface area contributed by atoms with Crippen LogP contribution in [0.15, 0.2) is 18.2 Å². The van der Waals surface area contributed by atoms with E-state index in [1.165, 1.54) is 0 Å². The minimum Gasteiger partial charge on any atom is -0.486 e. The molecule has 6 nitrogen and oxygen atoms in total. The predicted molar refractivity (Wildman–Crippen MR) is 87.1 cm³/mol. The van der Waals surface area contributed by atoms with Crippen molar-refractivity contribution in [3.8, 4) is 11.5 Å². The summed E-state index contributed by atoms with van der Waals surface area (Å²) in [5.41, 5.74) is 0.734. The zero-order chi connectivity index (χ0) is 16.2. The third-order valence-electron chi connectivity index (χ3n) is 4.55. The molecule has 1 aromatic carbocycles. The molecule has 3 rings (SSSR count). The van der Waals surface area contributed by atoms with Crippen molar-refractivity contribution in [2.24, 2.45) is 0 Å². The van der Waals surface area contributed by atoms with Crippen LogP contribution in [0.5, 0.6) is 11.5 Å². The van der Waals surface area contributed by atoms with Crippen molar-refractivity contribution >= 4 is 11.6 Å². The maximum Gasteiger partial charge on any atom is 0.241 e. The van der Waals surface area contributed by atoms with E-state index in [1.807, 2.05) is 25.1 Å². The van der Waals surface area contributed by atoms with Gasteiger partial charge in [-0.05, 0) is 31.9 Å². The Bertz CT molecular complexity index is 556. The molecule has 23 heavy (non-hydrogen) atoms. The molecule has 2 aliphatic heterocycles. The van der Waals surface area contributed by atoms with Crippen LogP contribution >= 0.6 is 0 Å². The molecule has 126 valence electrons. The number of piperidine rings is 1. The van der Waals surface area contributed by atoms with Gasteiger partial charge in [0.2, 0.25) is 5.91 Å². The van der Waals surface area contributed by atoms with Crippen LogP contribution < -0.4 is 14.8 Å². The van der Waals surface area contributed by atoms with Gasteiger partial charge in [-0.2, -0.15) is 0 Å². The predicted octanol–water partition coefficient (Wildman–Crippen LogP) is 1.90. The average Bonchev–Trinajstić information content (AvgIpc) is 2.61. The number of hydrogen-bond donors (Lipinski definition) is 1. The molecule has 1 saturated heterocycles. The fourth-order valence-electron chi connectivity index (χ4n) is 3.03. The summed E-state index contributed by atoms with van der Waals surface area (Å²) in [4.78, 5) is 14.7. The molecule has 0 spiro atoms. The maximum absolute atomic E-state index is 12.5. The monoisotopic (exact) mass is 320 g/mol. The number of nitrogens with zero attached hydrogens (tertiary/aromatic N) is 1. The molecule has 1 amide bonds. The van der Waals surface area contributed by atoms with E-state index in [9.17, 15) is 4.79 Å². The van der Waals surface area contributed by atoms with Crippen LogP contribution in [0, 0.1) is 0 Å². The highest BCUT2D eigenvalue weighted by Gasteiger charge is 2.26. The minimum atomic E-state index is -0.166. The number of anilines is 1. The summed E-state index contributed by atoms with van der Waals surface area (Å²) in [5.74, 6) is 1.41. The summed E-state index contributed by atoms with van der Waals surface area (Å²) < 4.78 is 16.4. The molecule has 0 aliphatic carbocycles. The van der Waals surface area contributed by atoms with Gasteiger partial charge in [-0.15, -0.1) is 0 Å². The second kappa shape index (κ2) is 7.19. The minimum absolute atomic E-state index is 0.00227. The number of benzene rings is 1. The standard InChI is InChI=1S/C17H24N2O4/c1-12(19-7-5-14(21-2)6-8-19)17(20)18-13-3-4-15-16(11-13)23-10-9-22-15/h3-4,11-12,14H,5-10H2,1-2H3,(H,18,20). The summed E-state index contributed by atoms with van der Waals surface area (Å²) in [5, 5.41) is 2.97. The first-order valence-corrected chi connectivity index (χ1v) is 8.14. The largest absolute Gasteiger partial charge is 0.486 e. The Morgan fingerprint density at radius 3 is 2.65 bits per heavy atom. The second-order valence-corrected chi connectivity index (χ2v) is 5.99. The molecule has 2 aliphatic rings. The Labute approximate surface area is 136 Å². The lowest BCUT2D eigenvalue weighted by atomic mass is 10.1. The molecule has 1 atom stereocenters. The lowest BCUT2D eigenvalue weighted by Crippen LogP contribution is -2.47. The van der Waals surface area contributed by atoms with Crippen LogP contribution in [0.2, 0.25) is 0 Å². The number of methoxy groups -OCH3 is 1. The van der Waals surface area contributed by atoms with Crippen LogP contribution in [0.1, 0.15) is 19.8 Å². The van der Waals surface area contributed by atoms with Crippen molar-refractivity contribution in [2.75, 3.05) is 38.7 Å². The normalized spacial score (nSPS) is 20.1. The third-order valence-corrected chi connectivity index (χ3v) is 4.55. The van der Waals surface area contributed by atoms with Gasteiger partial charge >= 0.3 is 0 Å². The summed E-state index contributed by atoms with van der Waals surface area (Å²) in [7, 11) is 1.75. The van der Waals surface area contributed by atoms with E-state index >= 15 is 0 Å². The van der Waals surface area contributed by atoms with Gasteiger partial charge < -0.3 is 19.5 Å². The summed E-state index contributed by atoms with van der Waals surface area (Å²) in [6.07, 6.45) is 2.26. The molecule has 0 radical (unpaired) electrons. The summed E-state index contributed by atoms with van der Waals surface area (Å²) >= 11 is 0. The van der Waals surface area contributed by atoms with Gasteiger partial charge in [0.25, 0.3) is 0 Å². The van der Waals surface area contributed by atoms with Gasteiger partial charge in [0.15, 0.2) is 11.5 Å². The van der Waals surface area contributed by atoms with Crippen LogP contribution in [-0.2, 0) is 9.53 Å². The zero-order valence-corrected chi connectivity index (χ0v) is 13.7. The first-order chi connectivity index (χ1) is 11.2. The molecule has 0 bridgehead atoms. The molecule has 0 aromatic heterocycles. The van der Waals surface area contributed by atoms with Crippen LogP contribution in [0.4, 0.5) is 5.69 Å². The molecule has 1 unspecified atom stereocenters. The van der Waals surface area contributed by atoms with E-state index in [-0.39, 0.29) is 11.9 Å². The Morgan fingerprint density at radius 2 is 1.96 bits per heavy atom. The first-order valence-electron chi connectivity index (χ1n) is 8.14. The Balaban J connectivity index is 1.58. The van der Waals surface area contributed by atoms with E-state index in [0.717, 1.165) is 37.4 Å². The van der Waals surface area contributed by atoms with Crippen LogP contribution in [-0.4, -0.2) is 56.4 Å². The number of carbonyl (C=O) groups excluding carboxylic acids is 1. The van der Waals surface area contributed by atoms with Crippen LogP contribution in [0.3, 0.4) is 0 Å². The number of rotatable bonds is 4. The van der Waals surface area contributed by atoms with Gasteiger partial charge in [-0.1, -0.05) is 0 Å². The number of nitrogens with one attached hydrogen (secondary N) is 1. The van der Waals surface area contributed by atoms with Crippen molar-refractivity contribution in [3.63, 3.8) is 0 Å². The van der Waals surface area contributed by atoms with Gasteiger partial charge in [-0.25, -0.2) is 0 Å². The van der Waals surface area contributed by atoms with E-state index in [0.29, 0.717) is 25.1 Å². The number of hydrogen-bond acceptors (Lipinski definition) is 5. The molecular weight excluding hydrogens is 296 g/mol. The van der Waals surface area contributed by atoms with E-state index in [1.54, 1.807) is 7.11 Å². The summed E-state index contributed by atoms with van der Waals surface area (Å²) in [6, 6.07) is 5.32. The average molecular weight is 320 g/mol. The van der Waals surface area contributed by atoms with Gasteiger partial charge in [0, 0.05) is 32.0 Å². The second-order valence-electron chi connectivity index (χ2n) is 5.99. The Hall–Kier alpha value is -1.79. The maximum atomic E-state index is 12.5. The summed E-state index contributed by atoms with van der Waals surface area (Å²) in [6.45, 7) is 4.81. The molecule has 1 fully saturated rings. The van der Waals surface area contributed by atoms with Crippen molar-refractivity contribution < 1.29 is 19.0 Å². The number of fused-ring (bicyclic) bond motifs is 1. The molecule has 6 heteroatoms. The molecule has 0 saturated carbocycles.